The number of fused-ring (bicyclic) bond motifs is 1. The molecule has 0 saturated carbocycles. The van der Waals surface area contributed by atoms with E-state index in [4.69, 9.17) is 18.4 Å². The number of ether oxygens (including phenoxy) is 2. The van der Waals surface area contributed by atoms with Crippen LogP contribution in [0.4, 0.5) is 5.69 Å². The van der Waals surface area contributed by atoms with Gasteiger partial charge in [0.05, 0.1) is 36.1 Å². The lowest BCUT2D eigenvalue weighted by Gasteiger charge is -2.13. The van der Waals surface area contributed by atoms with E-state index in [1.807, 2.05) is 13.8 Å². The summed E-state index contributed by atoms with van der Waals surface area (Å²) in [6.07, 6.45) is 1.54. The zero-order valence-electron chi connectivity index (χ0n) is 16.9. The number of furan rings is 1. The van der Waals surface area contributed by atoms with Crippen molar-refractivity contribution in [2.75, 3.05) is 18.5 Å². The van der Waals surface area contributed by atoms with Gasteiger partial charge < -0.3 is 23.7 Å². The zero-order valence-corrected chi connectivity index (χ0v) is 16.9. The van der Waals surface area contributed by atoms with Crippen molar-refractivity contribution in [3.05, 3.63) is 53.9 Å². The van der Waals surface area contributed by atoms with E-state index < -0.39 is 0 Å². The number of aryl methyl sites for hydroxylation is 1. The number of benzene rings is 1. The van der Waals surface area contributed by atoms with Crippen LogP contribution in [0.2, 0.25) is 0 Å². The largest absolute Gasteiger partial charge is 0.490 e. The Labute approximate surface area is 172 Å². The molecule has 0 aliphatic carbocycles. The highest BCUT2D eigenvalue weighted by Crippen LogP contribution is 2.32. The summed E-state index contributed by atoms with van der Waals surface area (Å²) in [4.78, 5) is 17.6. The fourth-order valence-electron chi connectivity index (χ4n) is 3.15. The van der Waals surface area contributed by atoms with Gasteiger partial charge in [-0.3, -0.25) is 4.79 Å². The average molecular weight is 407 g/mol. The van der Waals surface area contributed by atoms with Gasteiger partial charge in [-0.2, -0.15) is 0 Å². The molecule has 0 bridgehead atoms. The van der Waals surface area contributed by atoms with Crippen LogP contribution in [-0.4, -0.2) is 29.3 Å². The second-order valence-corrected chi connectivity index (χ2v) is 6.46. The van der Waals surface area contributed by atoms with E-state index in [1.54, 1.807) is 49.6 Å². The van der Waals surface area contributed by atoms with Crippen LogP contribution in [0.25, 0.3) is 22.6 Å². The molecule has 1 amide bonds. The molecule has 0 aliphatic rings. The van der Waals surface area contributed by atoms with Crippen LogP contribution in [0.15, 0.2) is 51.6 Å². The lowest BCUT2D eigenvalue weighted by atomic mass is 10.1. The van der Waals surface area contributed by atoms with Crippen molar-refractivity contribution in [1.82, 2.24) is 10.1 Å². The van der Waals surface area contributed by atoms with Gasteiger partial charge in [-0.15, -0.1) is 0 Å². The van der Waals surface area contributed by atoms with Crippen LogP contribution >= 0.6 is 0 Å². The van der Waals surface area contributed by atoms with Crippen molar-refractivity contribution < 1.29 is 23.2 Å². The molecule has 4 rings (SSSR count). The molecule has 0 radical (unpaired) electrons. The molecule has 8 heteroatoms. The standard InChI is InChI=1S/C22H21N3O5/c1-4-27-18-9-8-14(11-19(18)28-5-2)23-21(26)15-12-16(17-7-6-10-29-17)24-22-20(15)13(3)25-30-22/h6-12H,4-5H2,1-3H3,(H,23,26). The number of hydrogen-bond acceptors (Lipinski definition) is 7. The molecule has 1 aromatic carbocycles. The third kappa shape index (κ3) is 3.71. The van der Waals surface area contributed by atoms with E-state index in [2.05, 4.69) is 15.5 Å². The number of nitrogens with one attached hydrogen (secondary N) is 1. The number of rotatable bonds is 7. The van der Waals surface area contributed by atoms with Crippen molar-refractivity contribution in [3.8, 4) is 23.0 Å². The van der Waals surface area contributed by atoms with E-state index in [0.717, 1.165) is 0 Å². The molecule has 8 nitrogen and oxygen atoms in total. The maximum Gasteiger partial charge on any atom is 0.259 e. The fourth-order valence-corrected chi connectivity index (χ4v) is 3.15. The minimum Gasteiger partial charge on any atom is -0.490 e. The quantitative estimate of drug-likeness (QED) is 0.468. The second kappa shape index (κ2) is 8.28. The van der Waals surface area contributed by atoms with Gasteiger partial charge in [-0.25, -0.2) is 4.98 Å². The number of carbonyl (C=O) groups is 1. The van der Waals surface area contributed by atoms with Crippen molar-refractivity contribution in [1.29, 1.82) is 0 Å². The second-order valence-electron chi connectivity index (χ2n) is 6.46. The minimum atomic E-state index is -0.326. The molecule has 0 saturated heterocycles. The summed E-state index contributed by atoms with van der Waals surface area (Å²) in [6.45, 7) is 6.55. The van der Waals surface area contributed by atoms with Gasteiger partial charge in [0.15, 0.2) is 17.3 Å². The summed E-state index contributed by atoms with van der Waals surface area (Å²) in [5.74, 6) is 1.39. The molecule has 0 atom stereocenters. The van der Waals surface area contributed by atoms with E-state index >= 15 is 0 Å². The van der Waals surface area contributed by atoms with Gasteiger partial charge in [0.25, 0.3) is 11.6 Å². The average Bonchev–Trinajstić information content (AvgIpc) is 3.40. The Kier molecular flexibility index (Phi) is 5.38. The molecule has 0 fully saturated rings. The highest BCUT2D eigenvalue weighted by molar-refractivity contribution is 6.13. The first-order chi connectivity index (χ1) is 14.6. The van der Waals surface area contributed by atoms with Gasteiger partial charge in [-0.1, -0.05) is 5.16 Å². The van der Waals surface area contributed by atoms with Gasteiger partial charge >= 0.3 is 0 Å². The molecule has 0 spiro atoms. The van der Waals surface area contributed by atoms with Crippen LogP contribution in [-0.2, 0) is 0 Å². The van der Waals surface area contributed by atoms with Crippen molar-refractivity contribution in [2.45, 2.75) is 20.8 Å². The Hall–Kier alpha value is -3.81. The molecule has 0 aliphatic heterocycles. The van der Waals surface area contributed by atoms with E-state index in [9.17, 15) is 4.79 Å². The summed E-state index contributed by atoms with van der Waals surface area (Å²) in [6, 6.07) is 10.4. The van der Waals surface area contributed by atoms with Gasteiger partial charge in [0.1, 0.15) is 5.69 Å². The Balaban J connectivity index is 1.71. The number of nitrogens with zero attached hydrogens (tertiary/aromatic N) is 2. The maximum atomic E-state index is 13.2. The first kappa shape index (κ1) is 19.5. The first-order valence-electron chi connectivity index (χ1n) is 9.62. The van der Waals surface area contributed by atoms with Crippen molar-refractivity contribution in [3.63, 3.8) is 0 Å². The number of hydrogen-bond donors (Lipinski definition) is 1. The summed E-state index contributed by atoms with van der Waals surface area (Å²) < 4.78 is 21.9. The van der Waals surface area contributed by atoms with Crippen LogP contribution in [0.1, 0.15) is 29.9 Å². The normalized spacial score (nSPS) is 10.9. The SMILES string of the molecule is CCOc1ccc(NC(=O)c2cc(-c3ccco3)nc3onc(C)c23)cc1OCC. The fraction of sp³-hybridized carbons (Fsp3) is 0.227. The maximum absolute atomic E-state index is 13.2. The summed E-state index contributed by atoms with van der Waals surface area (Å²) in [7, 11) is 0. The molecule has 0 unspecified atom stereocenters. The lowest BCUT2D eigenvalue weighted by molar-refractivity contribution is 0.102. The zero-order chi connectivity index (χ0) is 21.1. The van der Waals surface area contributed by atoms with Crippen molar-refractivity contribution >= 4 is 22.7 Å². The van der Waals surface area contributed by atoms with Crippen LogP contribution < -0.4 is 14.8 Å². The van der Waals surface area contributed by atoms with Crippen LogP contribution in [0, 0.1) is 6.92 Å². The Morgan fingerprint density at radius 2 is 1.90 bits per heavy atom. The summed E-state index contributed by atoms with van der Waals surface area (Å²) >= 11 is 0. The van der Waals surface area contributed by atoms with E-state index in [1.165, 1.54) is 0 Å². The smallest absolute Gasteiger partial charge is 0.259 e. The van der Waals surface area contributed by atoms with Gasteiger partial charge in [-0.05, 0) is 51.1 Å². The molecule has 4 aromatic rings. The predicted octanol–water partition coefficient (Wildman–Crippen LogP) is 4.84. The number of aromatic nitrogens is 2. The Bertz CT molecular complexity index is 1180. The molecule has 30 heavy (non-hydrogen) atoms. The topological polar surface area (TPSA) is 99.6 Å². The van der Waals surface area contributed by atoms with Crippen molar-refractivity contribution in [2.24, 2.45) is 0 Å². The van der Waals surface area contributed by atoms with Gasteiger partial charge in [0.2, 0.25) is 0 Å². The third-order valence-corrected chi connectivity index (χ3v) is 4.44. The Morgan fingerprint density at radius 3 is 2.63 bits per heavy atom. The number of amides is 1. The summed E-state index contributed by atoms with van der Waals surface area (Å²) in [5.41, 5.74) is 2.29. The molecular formula is C22H21N3O5. The lowest BCUT2D eigenvalue weighted by Crippen LogP contribution is -2.13. The first-order valence-corrected chi connectivity index (χ1v) is 9.62. The van der Waals surface area contributed by atoms with Crippen LogP contribution in [0.5, 0.6) is 11.5 Å². The monoisotopic (exact) mass is 407 g/mol. The Morgan fingerprint density at radius 1 is 1.10 bits per heavy atom. The third-order valence-electron chi connectivity index (χ3n) is 4.44. The number of anilines is 1. The minimum absolute atomic E-state index is 0.272. The summed E-state index contributed by atoms with van der Waals surface area (Å²) in [5, 5.41) is 7.41. The number of carbonyl (C=O) groups excluding carboxylic acids is 1. The molecular weight excluding hydrogens is 386 g/mol. The highest BCUT2D eigenvalue weighted by Gasteiger charge is 2.20. The molecule has 3 aromatic heterocycles. The molecule has 3 heterocycles. The van der Waals surface area contributed by atoms with E-state index in [0.29, 0.717) is 58.5 Å². The molecule has 154 valence electrons. The highest BCUT2D eigenvalue weighted by atomic mass is 16.5. The molecule has 1 N–H and O–H groups in total. The van der Waals surface area contributed by atoms with Gasteiger partial charge in [0, 0.05) is 11.8 Å². The predicted molar refractivity (Wildman–Crippen MR) is 111 cm³/mol. The van der Waals surface area contributed by atoms with E-state index in [-0.39, 0.29) is 11.6 Å². The number of pyridine rings is 1. The van der Waals surface area contributed by atoms with Crippen LogP contribution in [0.3, 0.4) is 0 Å².